The van der Waals surface area contributed by atoms with Crippen molar-refractivity contribution in [3.8, 4) is 11.1 Å². The average molecular weight is 471 g/mol. The van der Waals surface area contributed by atoms with Crippen LogP contribution in [-0.2, 0) is 11.2 Å². The summed E-state index contributed by atoms with van der Waals surface area (Å²) in [5, 5.41) is 12.0. The van der Waals surface area contributed by atoms with E-state index in [1.807, 2.05) is 6.07 Å². The second kappa shape index (κ2) is 10.5. The minimum absolute atomic E-state index is 0.158. The number of aromatic nitrogens is 2. The van der Waals surface area contributed by atoms with Crippen LogP contribution in [0, 0.1) is 5.92 Å². The van der Waals surface area contributed by atoms with Crippen LogP contribution in [0.1, 0.15) is 41.3 Å². The van der Waals surface area contributed by atoms with Crippen LogP contribution in [0.25, 0.3) is 22.2 Å². The van der Waals surface area contributed by atoms with Gasteiger partial charge in [-0.15, -0.1) is 0 Å². The molecule has 2 atom stereocenters. The van der Waals surface area contributed by atoms with E-state index in [-0.39, 0.29) is 18.2 Å². The molecule has 7 heteroatoms. The van der Waals surface area contributed by atoms with Crippen LogP contribution < -0.4 is 11.1 Å². The maximum atomic E-state index is 12.7. The number of nitrogens with two attached hydrogens (primary N) is 1. The molecule has 0 bridgehead atoms. The molecule has 0 saturated carbocycles. The number of H-pyrrole nitrogens is 1. The predicted molar refractivity (Wildman–Crippen MR) is 137 cm³/mol. The van der Waals surface area contributed by atoms with Gasteiger partial charge in [0.15, 0.2) is 0 Å². The zero-order valence-electron chi connectivity index (χ0n) is 19.9. The van der Waals surface area contributed by atoms with Gasteiger partial charge in [-0.05, 0) is 58.9 Å². The number of nitrogens with zero attached hydrogens (tertiary/aromatic N) is 1. The van der Waals surface area contributed by atoms with Gasteiger partial charge in [0.2, 0.25) is 0 Å². The third kappa shape index (κ3) is 5.75. The Morgan fingerprint density at radius 1 is 1.00 bits per heavy atom. The largest absolute Gasteiger partial charge is 0.480 e. The summed E-state index contributed by atoms with van der Waals surface area (Å²) in [5.74, 6) is -0.703. The zero-order chi connectivity index (χ0) is 24.9. The fraction of sp³-hybridized carbons (Fsp3) is 0.250. The van der Waals surface area contributed by atoms with Crippen LogP contribution in [-0.4, -0.2) is 39.5 Å². The van der Waals surface area contributed by atoms with Crippen molar-refractivity contribution >= 4 is 22.9 Å². The molecule has 0 saturated heterocycles. The number of aromatic amines is 1. The third-order valence-corrected chi connectivity index (χ3v) is 6.37. The van der Waals surface area contributed by atoms with E-state index in [0.29, 0.717) is 18.0 Å². The van der Waals surface area contributed by atoms with Crippen molar-refractivity contribution in [1.29, 1.82) is 0 Å². The van der Waals surface area contributed by atoms with Gasteiger partial charge in [0.05, 0.1) is 17.4 Å². The van der Waals surface area contributed by atoms with Crippen molar-refractivity contribution in [2.24, 2.45) is 11.7 Å². The van der Waals surface area contributed by atoms with Crippen molar-refractivity contribution in [2.75, 3.05) is 6.54 Å². The van der Waals surface area contributed by atoms with Crippen molar-refractivity contribution in [3.05, 3.63) is 89.7 Å². The highest BCUT2D eigenvalue weighted by atomic mass is 16.4. The second-order valence-electron chi connectivity index (χ2n) is 9.16. The van der Waals surface area contributed by atoms with Gasteiger partial charge in [0, 0.05) is 18.0 Å². The van der Waals surface area contributed by atoms with E-state index in [1.165, 1.54) is 5.56 Å². The first kappa shape index (κ1) is 24.2. The second-order valence-corrected chi connectivity index (χ2v) is 9.16. The number of nitrogens with one attached hydrogen (secondary N) is 2. The number of hydrogen-bond donors (Lipinski definition) is 4. The van der Waals surface area contributed by atoms with Gasteiger partial charge in [-0.1, -0.05) is 56.3 Å². The summed E-state index contributed by atoms with van der Waals surface area (Å²) < 4.78 is 0. The molecule has 5 N–H and O–H groups in total. The molecule has 4 aromatic rings. The van der Waals surface area contributed by atoms with E-state index in [2.05, 4.69) is 65.5 Å². The van der Waals surface area contributed by atoms with Gasteiger partial charge in [-0.3, -0.25) is 9.59 Å². The molecule has 3 aromatic carbocycles. The summed E-state index contributed by atoms with van der Waals surface area (Å²) in [6.45, 7) is 4.82. The molecule has 180 valence electrons. The number of carbonyl (C=O) groups is 2. The van der Waals surface area contributed by atoms with E-state index >= 15 is 0 Å². The lowest BCUT2D eigenvalue weighted by Gasteiger charge is -2.22. The molecule has 0 spiro atoms. The minimum Gasteiger partial charge on any atom is -0.480 e. The van der Waals surface area contributed by atoms with Crippen molar-refractivity contribution in [3.63, 3.8) is 0 Å². The highest BCUT2D eigenvalue weighted by Crippen LogP contribution is 2.28. The number of imidazole rings is 1. The Bertz CT molecular complexity index is 1310. The Balaban J connectivity index is 1.40. The van der Waals surface area contributed by atoms with Crippen LogP contribution >= 0.6 is 0 Å². The molecular formula is C28H30N4O3. The van der Waals surface area contributed by atoms with Gasteiger partial charge in [-0.2, -0.15) is 0 Å². The van der Waals surface area contributed by atoms with Gasteiger partial charge in [0.25, 0.3) is 5.91 Å². The Morgan fingerprint density at radius 2 is 1.69 bits per heavy atom. The fourth-order valence-corrected chi connectivity index (χ4v) is 4.21. The maximum absolute atomic E-state index is 12.7. The van der Waals surface area contributed by atoms with Crippen LogP contribution in [0.4, 0.5) is 0 Å². The van der Waals surface area contributed by atoms with E-state index in [1.54, 1.807) is 30.6 Å². The molecule has 0 unspecified atom stereocenters. The number of benzene rings is 3. The summed E-state index contributed by atoms with van der Waals surface area (Å²) in [5.41, 5.74) is 12.3. The Hall–Kier alpha value is -3.97. The summed E-state index contributed by atoms with van der Waals surface area (Å²) in [6.07, 6.45) is 1.92. The highest BCUT2D eigenvalue weighted by molar-refractivity contribution is 5.94. The van der Waals surface area contributed by atoms with E-state index in [9.17, 15) is 9.59 Å². The number of carboxylic acids is 1. The van der Waals surface area contributed by atoms with Gasteiger partial charge < -0.3 is 21.1 Å². The van der Waals surface area contributed by atoms with Gasteiger partial charge >= 0.3 is 5.97 Å². The monoisotopic (exact) mass is 470 g/mol. The van der Waals surface area contributed by atoms with Crippen LogP contribution in [0.15, 0.2) is 73.1 Å². The Labute approximate surface area is 204 Å². The summed E-state index contributed by atoms with van der Waals surface area (Å²) in [7, 11) is 0. The molecule has 4 rings (SSSR count). The quantitative estimate of drug-likeness (QED) is 0.290. The van der Waals surface area contributed by atoms with E-state index in [0.717, 1.165) is 27.7 Å². The Morgan fingerprint density at radius 3 is 2.34 bits per heavy atom. The average Bonchev–Trinajstić information content (AvgIpc) is 3.32. The van der Waals surface area contributed by atoms with Crippen LogP contribution in [0.5, 0.6) is 0 Å². The molecule has 0 aliphatic carbocycles. The van der Waals surface area contributed by atoms with E-state index < -0.39 is 12.0 Å². The zero-order valence-corrected chi connectivity index (χ0v) is 19.9. The molecule has 0 fully saturated rings. The van der Waals surface area contributed by atoms with Crippen molar-refractivity contribution in [1.82, 2.24) is 15.3 Å². The summed E-state index contributed by atoms with van der Waals surface area (Å²) in [6, 6.07) is 20.6. The number of amides is 1. The smallest absolute Gasteiger partial charge is 0.320 e. The molecular weight excluding hydrogens is 440 g/mol. The van der Waals surface area contributed by atoms with Gasteiger partial charge in [-0.25, -0.2) is 4.98 Å². The normalized spacial score (nSPS) is 13.0. The summed E-state index contributed by atoms with van der Waals surface area (Å²) >= 11 is 0. The molecule has 0 aliphatic heterocycles. The molecule has 1 amide bonds. The molecule has 1 aromatic heterocycles. The Kier molecular flexibility index (Phi) is 7.27. The molecule has 35 heavy (non-hydrogen) atoms. The number of rotatable bonds is 9. The number of carbonyl (C=O) groups excluding carboxylic acids is 1. The lowest BCUT2D eigenvalue weighted by molar-refractivity contribution is -0.138. The lowest BCUT2D eigenvalue weighted by Crippen LogP contribution is -2.32. The number of fused-ring (bicyclic) bond motifs is 1. The molecule has 0 aliphatic rings. The van der Waals surface area contributed by atoms with Crippen molar-refractivity contribution in [2.45, 2.75) is 32.2 Å². The highest BCUT2D eigenvalue weighted by Gasteiger charge is 2.18. The standard InChI is InChI=1S/C28H30N4O3/c1-17(2)23(15-30-27(33)21-5-3-18(4-6-21)13-24(29)28(34)35)20-9-7-19(8-10-20)22-11-12-25-26(14-22)32-16-31-25/h3-12,14,16-17,23-24H,13,15,29H2,1-2H3,(H,30,33)(H,31,32)(H,34,35)/t23-,24+/m1/s1. The van der Waals surface area contributed by atoms with Crippen molar-refractivity contribution < 1.29 is 14.7 Å². The predicted octanol–water partition coefficient (Wildman–Crippen LogP) is 4.35. The first-order valence-electron chi connectivity index (χ1n) is 11.7. The molecule has 1 heterocycles. The third-order valence-electron chi connectivity index (χ3n) is 6.37. The fourth-order valence-electron chi connectivity index (χ4n) is 4.21. The number of carboxylic acid groups (broad SMARTS) is 1. The number of aliphatic carboxylic acids is 1. The van der Waals surface area contributed by atoms with E-state index in [4.69, 9.17) is 10.8 Å². The lowest BCUT2D eigenvalue weighted by atomic mass is 9.87. The molecule has 0 radical (unpaired) electrons. The first-order valence-corrected chi connectivity index (χ1v) is 11.7. The first-order chi connectivity index (χ1) is 16.8. The van der Waals surface area contributed by atoms with Gasteiger partial charge in [0.1, 0.15) is 6.04 Å². The maximum Gasteiger partial charge on any atom is 0.320 e. The molecule has 7 nitrogen and oxygen atoms in total. The topological polar surface area (TPSA) is 121 Å². The van der Waals surface area contributed by atoms with Crippen LogP contribution in [0.3, 0.4) is 0 Å². The number of hydrogen-bond acceptors (Lipinski definition) is 4. The minimum atomic E-state index is -1.04. The van der Waals surface area contributed by atoms with Crippen LogP contribution in [0.2, 0.25) is 0 Å². The SMILES string of the molecule is CC(C)[C@@H](CNC(=O)c1ccc(C[C@H](N)C(=O)O)cc1)c1ccc(-c2ccc3nc[nH]c3c2)cc1. The summed E-state index contributed by atoms with van der Waals surface area (Å²) in [4.78, 5) is 31.1.